The number of aliphatic hydroxyl groups is 1. The van der Waals surface area contributed by atoms with Gasteiger partial charge < -0.3 is 19.3 Å². The average molecular weight is 404 g/mol. The Morgan fingerprint density at radius 3 is 2.62 bits per heavy atom. The van der Waals surface area contributed by atoms with Gasteiger partial charge in [0.15, 0.2) is 0 Å². The third-order valence-corrected chi connectivity index (χ3v) is 5.09. The van der Waals surface area contributed by atoms with Crippen molar-refractivity contribution in [1.82, 2.24) is 0 Å². The molecule has 0 spiro atoms. The summed E-state index contributed by atoms with van der Waals surface area (Å²) < 4.78 is 16.6. The standard InChI is InChI=1S/C22H28O7/c1-12-6-7-17(27-16(5)24)14(3)11-19-20(15(4)22(26)29-19)18(10-12)28-21(25)13(2)8-9-23/h6,8,11,17-20,23H,4,7,9-10H2,1-3,5H3/b12-6-,13-8+,14-11+/t17-,18-,19-,20-/m1/s1. The second-order valence-electron chi connectivity index (χ2n) is 7.43. The van der Waals surface area contributed by atoms with Crippen LogP contribution in [0.1, 0.15) is 40.5 Å². The lowest BCUT2D eigenvalue weighted by Gasteiger charge is -2.28. The highest BCUT2D eigenvalue weighted by atomic mass is 16.6. The SMILES string of the molecule is C=C1C(=O)O[C@@H]2/C=C(\C)[C@H](OC(C)=O)C/C=C(/C)C[C@@H](OC(=O)/C(C)=C/CO)[C@@H]12. The van der Waals surface area contributed by atoms with Crippen LogP contribution >= 0.6 is 0 Å². The molecule has 0 aromatic heterocycles. The summed E-state index contributed by atoms with van der Waals surface area (Å²) in [7, 11) is 0. The molecule has 1 saturated heterocycles. The maximum absolute atomic E-state index is 12.4. The Kier molecular flexibility index (Phi) is 7.56. The zero-order chi connectivity index (χ0) is 21.7. The van der Waals surface area contributed by atoms with Crippen LogP contribution in [0.2, 0.25) is 0 Å². The second-order valence-corrected chi connectivity index (χ2v) is 7.43. The van der Waals surface area contributed by atoms with Crippen LogP contribution in [0.5, 0.6) is 0 Å². The Bertz CT molecular complexity index is 787. The molecule has 0 aromatic carbocycles. The Hall–Kier alpha value is -2.67. The fraction of sp³-hybridized carbons (Fsp3) is 0.500. The van der Waals surface area contributed by atoms with Gasteiger partial charge in [-0.1, -0.05) is 18.2 Å². The molecule has 1 N–H and O–H groups in total. The van der Waals surface area contributed by atoms with Crippen LogP contribution in [0.4, 0.5) is 0 Å². The third-order valence-electron chi connectivity index (χ3n) is 5.09. The third kappa shape index (κ3) is 5.67. The number of esters is 3. The zero-order valence-corrected chi connectivity index (χ0v) is 17.3. The Morgan fingerprint density at radius 2 is 2.00 bits per heavy atom. The van der Waals surface area contributed by atoms with Crippen LogP contribution in [0.3, 0.4) is 0 Å². The van der Waals surface area contributed by atoms with E-state index in [9.17, 15) is 14.4 Å². The van der Waals surface area contributed by atoms with Crippen molar-refractivity contribution in [3.8, 4) is 0 Å². The maximum Gasteiger partial charge on any atom is 0.334 e. The van der Waals surface area contributed by atoms with Gasteiger partial charge in [-0.15, -0.1) is 0 Å². The van der Waals surface area contributed by atoms with E-state index in [1.807, 2.05) is 13.0 Å². The molecule has 0 amide bonds. The first-order valence-corrected chi connectivity index (χ1v) is 9.53. The number of ether oxygens (including phenoxy) is 3. The van der Waals surface area contributed by atoms with E-state index in [1.54, 1.807) is 19.9 Å². The molecular weight excluding hydrogens is 376 g/mol. The number of hydrogen-bond donors (Lipinski definition) is 1. The lowest BCUT2D eigenvalue weighted by Crippen LogP contribution is -2.34. The molecule has 29 heavy (non-hydrogen) atoms. The van der Waals surface area contributed by atoms with Crippen molar-refractivity contribution >= 4 is 17.9 Å². The van der Waals surface area contributed by atoms with Gasteiger partial charge in [0.1, 0.15) is 18.3 Å². The average Bonchev–Trinajstić information content (AvgIpc) is 2.90. The van der Waals surface area contributed by atoms with Gasteiger partial charge in [0, 0.05) is 30.9 Å². The number of carbonyl (C=O) groups is 3. The van der Waals surface area contributed by atoms with E-state index in [0.29, 0.717) is 12.8 Å². The highest BCUT2D eigenvalue weighted by Gasteiger charge is 2.44. The predicted molar refractivity (Wildman–Crippen MR) is 106 cm³/mol. The normalized spacial score (nSPS) is 31.6. The molecular formula is C22H28O7. The van der Waals surface area contributed by atoms with Gasteiger partial charge >= 0.3 is 17.9 Å². The molecule has 2 rings (SSSR count). The highest BCUT2D eigenvalue weighted by molar-refractivity contribution is 5.92. The molecule has 1 heterocycles. The number of fused-ring (bicyclic) bond motifs is 1. The quantitative estimate of drug-likeness (QED) is 0.333. The molecule has 0 radical (unpaired) electrons. The number of aliphatic hydroxyl groups excluding tert-OH is 1. The molecule has 158 valence electrons. The molecule has 1 fully saturated rings. The van der Waals surface area contributed by atoms with Crippen molar-refractivity contribution in [2.24, 2.45) is 5.92 Å². The van der Waals surface area contributed by atoms with Gasteiger partial charge in [0.05, 0.1) is 12.5 Å². The first-order chi connectivity index (χ1) is 13.6. The summed E-state index contributed by atoms with van der Waals surface area (Å²) >= 11 is 0. The summed E-state index contributed by atoms with van der Waals surface area (Å²) in [5.74, 6) is -2.08. The molecule has 2 aliphatic rings. The Labute approximate surface area is 170 Å². The van der Waals surface area contributed by atoms with Gasteiger partial charge in [-0.2, -0.15) is 0 Å². The highest BCUT2D eigenvalue weighted by Crippen LogP contribution is 2.36. The summed E-state index contributed by atoms with van der Waals surface area (Å²) in [5.41, 5.74) is 2.17. The van der Waals surface area contributed by atoms with Gasteiger partial charge in [-0.05, 0) is 38.5 Å². The maximum atomic E-state index is 12.4. The van der Waals surface area contributed by atoms with Gasteiger partial charge in [-0.3, -0.25) is 4.79 Å². The largest absolute Gasteiger partial charge is 0.458 e. The fourth-order valence-corrected chi connectivity index (χ4v) is 3.48. The van der Waals surface area contributed by atoms with E-state index >= 15 is 0 Å². The summed E-state index contributed by atoms with van der Waals surface area (Å²) in [6.07, 6.45) is 4.05. The van der Waals surface area contributed by atoms with Crippen molar-refractivity contribution < 1.29 is 33.7 Å². The van der Waals surface area contributed by atoms with E-state index in [-0.39, 0.29) is 17.8 Å². The predicted octanol–water partition coefficient (Wildman–Crippen LogP) is 2.55. The summed E-state index contributed by atoms with van der Waals surface area (Å²) in [4.78, 5) is 36.1. The molecule has 0 unspecified atom stereocenters. The van der Waals surface area contributed by atoms with Crippen LogP contribution in [-0.2, 0) is 28.6 Å². The van der Waals surface area contributed by atoms with E-state index < -0.39 is 42.1 Å². The minimum Gasteiger partial charge on any atom is -0.458 e. The van der Waals surface area contributed by atoms with E-state index in [4.69, 9.17) is 19.3 Å². The Balaban J connectivity index is 2.42. The molecule has 0 saturated carbocycles. The fourth-order valence-electron chi connectivity index (χ4n) is 3.48. The van der Waals surface area contributed by atoms with Crippen molar-refractivity contribution in [2.45, 2.75) is 58.8 Å². The van der Waals surface area contributed by atoms with Crippen LogP contribution in [0.15, 0.2) is 47.1 Å². The van der Waals surface area contributed by atoms with Gasteiger partial charge in [0.25, 0.3) is 0 Å². The number of carbonyl (C=O) groups excluding carboxylic acids is 3. The van der Waals surface area contributed by atoms with Crippen LogP contribution < -0.4 is 0 Å². The zero-order valence-electron chi connectivity index (χ0n) is 17.3. The number of hydrogen-bond acceptors (Lipinski definition) is 7. The molecule has 0 bridgehead atoms. The minimum atomic E-state index is -0.682. The smallest absolute Gasteiger partial charge is 0.334 e. The molecule has 4 atom stereocenters. The van der Waals surface area contributed by atoms with Crippen molar-refractivity contribution in [3.63, 3.8) is 0 Å². The van der Waals surface area contributed by atoms with E-state index in [0.717, 1.165) is 11.1 Å². The lowest BCUT2D eigenvalue weighted by atomic mass is 9.85. The Morgan fingerprint density at radius 1 is 1.31 bits per heavy atom. The first-order valence-electron chi connectivity index (χ1n) is 9.53. The molecule has 7 nitrogen and oxygen atoms in total. The van der Waals surface area contributed by atoms with Crippen molar-refractivity contribution in [2.75, 3.05) is 6.61 Å². The molecule has 7 heteroatoms. The summed E-state index contributed by atoms with van der Waals surface area (Å²) in [6.45, 7) is 10.2. The van der Waals surface area contributed by atoms with Gasteiger partial charge in [0.2, 0.25) is 0 Å². The molecule has 1 aliphatic heterocycles. The van der Waals surface area contributed by atoms with E-state index in [1.165, 1.54) is 13.0 Å². The number of rotatable bonds is 4. The van der Waals surface area contributed by atoms with E-state index in [2.05, 4.69) is 6.58 Å². The van der Waals surface area contributed by atoms with Crippen molar-refractivity contribution in [1.29, 1.82) is 0 Å². The summed E-state index contributed by atoms with van der Waals surface area (Å²) in [5, 5.41) is 9.01. The topological polar surface area (TPSA) is 99.1 Å². The molecule has 1 aliphatic carbocycles. The summed E-state index contributed by atoms with van der Waals surface area (Å²) in [6, 6.07) is 0. The van der Waals surface area contributed by atoms with Gasteiger partial charge in [-0.25, -0.2) is 9.59 Å². The molecule has 0 aromatic rings. The minimum absolute atomic E-state index is 0.234. The second kappa shape index (κ2) is 9.69. The monoisotopic (exact) mass is 404 g/mol. The van der Waals surface area contributed by atoms with Crippen LogP contribution in [0.25, 0.3) is 0 Å². The van der Waals surface area contributed by atoms with Crippen LogP contribution in [0, 0.1) is 5.92 Å². The lowest BCUT2D eigenvalue weighted by molar-refractivity contribution is -0.148. The van der Waals surface area contributed by atoms with Crippen LogP contribution in [-0.4, -0.2) is 47.9 Å². The first kappa shape index (κ1) is 22.6. The van der Waals surface area contributed by atoms with Crippen molar-refractivity contribution in [3.05, 3.63) is 47.1 Å².